The van der Waals surface area contributed by atoms with E-state index in [-0.39, 0.29) is 0 Å². The number of hydrogen-bond acceptors (Lipinski definition) is 1. The fraction of sp³-hybridized carbons (Fsp3) is 0.250. The Morgan fingerprint density at radius 2 is 2.33 bits per heavy atom. The van der Waals surface area contributed by atoms with Gasteiger partial charge in [0.05, 0.1) is 5.67 Å². The molecule has 0 unspecified atom stereocenters. The predicted octanol–water partition coefficient (Wildman–Crippen LogP) is 1.79. The smallest absolute Gasteiger partial charge is 0.0926 e. The molecule has 0 saturated carbocycles. The van der Waals surface area contributed by atoms with Crippen LogP contribution in [0.25, 0.3) is 0 Å². The summed E-state index contributed by atoms with van der Waals surface area (Å²) in [4.78, 5) is 3.55. The molecule has 0 radical (unpaired) electrons. The number of allylic oxidation sites excluding steroid dienone is 1. The summed E-state index contributed by atoms with van der Waals surface area (Å²) in [5.74, 6) is 0. The highest BCUT2D eigenvalue weighted by atomic mass is 35.5. The van der Waals surface area contributed by atoms with Gasteiger partial charge in [0.2, 0.25) is 0 Å². The van der Waals surface area contributed by atoms with Crippen LogP contribution in [0.1, 0.15) is 6.92 Å². The lowest BCUT2D eigenvalue weighted by Gasteiger charge is -1.62. The van der Waals surface area contributed by atoms with Gasteiger partial charge in [-0.05, 0) is 6.92 Å². The molecule has 1 nitrogen and oxygen atoms in total. The Balaban J connectivity index is 3.07. The first-order valence-corrected chi connectivity index (χ1v) is 2.08. The van der Waals surface area contributed by atoms with Gasteiger partial charge in [0.1, 0.15) is 0 Å². The molecule has 0 spiro atoms. The second-order valence-electron chi connectivity index (χ2n) is 0.729. The zero-order valence-electron chi connectivity index (χ0n) is 3.56. The third-order valence-electron chi connectivity index (χ3n) is 0.291. The van der Waals surface area contributed by atoms with Crippen molar-refractivity contribution in [3.63, 3.8) is 0 Å². The van der Waals surface area contributed by atoms with Gasteiger partial charge in [-0.1, -0.05) is 17.7 Å². The van der Waals surface area contributed by atoms with Crippen LogP contribution in [-0.2, 0) is 0 Å². The Morgan fingerprint density at radius 1 is 1.67 bits per heavy atom. The fourth-order valence-corrected chi connectivity index (χ4v) is 0.184. The van der Waals surface area contributed by atoms with Crippen molar-refractivity contribution < 1.29 is 0 Å². The third-order valence-corrected chi connectivity index (χ3v) is 0.404. The van der Waals surface area contributed by atoms with E-state index in [1.165, 1.54) is 5.67 Å². The van der Waals surface area contributed by atoms with E-state index < -0.39 is 0 Å². The van der Waals surface area contributed by atoms with Crippen LogP contribution in [-0.4, -0.2) is 5.67 Å². The number of rotatable bonds is 1. The maximum atomic E-state index is 5.04. The molecule has 0 aromatic heterocycles. The topological polar surface area (TPSA) is 12.4 Å². The van der Waals surface area contributed by atoms with Gasteiger partial charge in [-0.2, -0.15) is 0 Å². The first kappa shape index (κ1) is 5.70. The van der Waals surface area contributed by atoms with Crippen LogP contribution < -0.4 is 0 Å². The molecule has 0 fully saturated rings. The molecule has 0 aromatic rings. The predicted molar refractivity (Wildman–Crippen MR) is 29.2 cm³/mol. The molecule has 0 aliphatic carbocycles. The number of aliphatic imine (C=N–C) groups is 1. The fourth-order valence-electron chi connectivity index (χ4n) is 0.119. The number of hydrogen-bond donors (Lipinski definition) is 0. The highest BCUT2D eigenvalue weighted by Crippen LogP contribution is 1.70. The van der Waals surface area contributed by atoms with E-state index in [1.54, 1.807) is 12.3 Å². The van der Waals surface area contributed by atoms with Gasteiger partial charge in [-0.15, -0.1) is 0 Å². The minimum Gasteiger partial charge on any atom is -0.253 e. The molecule has 0 bridgehead atoms. The molecule has 0 saturated heterocycles. The molecule has 0 aromatic carbocycles. The summed E-state index contributed by atoms with van der Waals surface area (Å²) in [7, 11) is 0. The van der Waals surface area contributed by atoms with Crippen molar-refractivity contribution in [1.29, 1.82) is 0 Å². The van der Waals surface area contributed by atoms with Gasteiger partial charge in [0.15, 0.2) is 0 Å². The zero-order valence-corrected chi connectivity index (χ0v) is 4.31. The summed E-state index contributed by atoms with van der Waals surface area (Å²) < 4.78 is 0. The van der Waals surface area contributed by atoms with Crippen molar-refractivity contribution >= 4 is 17.3 Å². The molecule has 0 amide bonds. The lowest BCUT2D eigenvalue weighted by Crippen LogP contribution is -1.45. The largest absolute Gasteiger partial charge is 0.253 e. The van der Waals surface area contributed by atoms with Gasteiger partial charge in [0.25, 0.3) is 0 Å². The third kappa shape index (κ3) is 3.70. The van der Waals surface area contributed by atoms with Gasteiger partial charge < -0.3 is 0 Å². The maximum Gasteiger partial charge on any atom is 0.0926 e. The summed E-state index contributed by atoms with van der Waals surface area (Å²) in [6, 6.07) is 0. The van der Waals surface area contributed by atoms with Crippen molar-refractivity contribution in [1.82, 2.24) is 0 Å². The molecule has 6 heavy (non-hydrogen) atoms. The van der Waals surface area contributed by atoms with Gasteiger partial charge in [0, 0.05) is 6.20 Å². The first-order valence-electron chi connectivity index (χ1n) is 1.65. The van der Waals surface area contributed by atoms with Crippen LogP contribution in [0.15, 0.2) is 17.3 Å². The molecule has 0 rings (SSSR count). The van der Waals surface area contributed by atoms with Crippen molar-refractivity contribution in [2.45, 2.75) is 6.92 Å². The molecule has 0 heterocycles. The van der Waals surface area contributed by atoms with Crippen LogP contribution in [0.5, 0.6) is 0 Å². The van der Waals surface area contributed by atoms with E-state index >= 15 is 0 Å². The summed E-state index contributed by atoms with van der Waals surface area (Å²) >= 11 is 5.04. The van der Waals surface area contributed by atoms with E-state index in [2.05, 4.69) is 4.99 Å². The SMILES string of the molecule is C/C=C/N=C/Cl. The Labute approximate surface area is 42.3 Å². The Morgan fingerprint density at radius 3 is 2.50 bits per heavy atom. The van der Waals surface area contributed by atoms with Crippen LogP contribution in [0.4, 0.5) is 0 Å². The quantitative estimate of drug-likeness (QED) is 0.449. The second-order valence-corrected chi connectivity index (χ2v) is 0.924. The first-order chi connectivity index (χ1) is 2.91. The highest BCUT2D eigenvalue weighted by molar-refractivity contribution is 6.56. The molecule has 0 aliphatic heterocycles. The highest BCUT2D eigenvalue weighted by Gasteiger charge is 1.50. The van der Waals surface area contributed by atoms with E-state index in [1.807, 2.05) is 6.92 Å². The lowest BCUT2D eigenvalue weighted by atomic mass is 10.7. The van der Waals surface area contributed by atoms with Crippen LogP contribution in [0.2, 0.25) is 0 Å². The van der Waals surface area contributed by atoms with Crippen LogP contribution >= 0.6 is 11.6 Å². The van der Waals surface area contributed by atoms with Gasteiger partial charge >= 0.3 is 0 Å². The molecule has 0 atom stereocenters. The van der Waals surface area contributed by atoms with Crippen LogP contribution in [0.3, 0.4) is 0 Å². The average Bonchev–Trinajstić information content (AvgIpc) is 1.61. The molecule has 2 heteroatoms. The Kier molecular flexibility index (Phi) is 4.47. The summed E-state index contributed by atoms with van der Waals surface area (Å²) in [5, 5.41) is 0. The molecular formula is C4H6ClN. The minimum absolute atomic E-state index is 1.22. The zero-order chi connectivity index (χ0) is 4.83. The standard InChI is InChI=1S/C4H6ClN/c1-2-3-6-4-5/h2-4H,1H3/b3-2+,6-4+. The van der Waals surface area contributed by atoms with Crippen LogP contribution in [0, 0.1) is 0 Å². The summed E-state index contributed by atoms with van der Waals surface area (Å²) in [6.45, 7) is 1.88. The lowest BCUT2D eigenvalue weighted by molar-refractivity contribution is 1.56. The maximum absolute atomic E-state index is 5.04. The van der Waals surface area contributed by atoms with Crippen molar-refractivity contribution in [3.8, 4) is 0 Å². The van der Waals surface area contributed by atoms with E-state index in [9.17, 15) is 0 Å². The minimum atomic E-state index is 1.22. The van der Waals surface area contributed by atoms with E-state index in [4.69, 9.17) is 11.6 Å². The van der Waals surface area contributed by atoms with Gasteiger partial charge in [-0.3, -0.25) is 4.99 Å². The molecule has 0 aliphatic rings. The summed E-state index contributed by atoms with van der Waals surface area (Å²) in [6.07, 6.45) is 3.42. The van der Waals surface area contributed by atoms with E-state index in [0.29, 0.717) is 0 Å². The monoisotopic (exact) mass is 103 g/mol. The Hall–Kier alpha value is -0.300. The summed E-state index contributed by atoms with van der Waals surface area (Å²) in [5.41, 5.74) is 1.22. The average molecular weight is 104 g/mol. The van der Waals surface area contributed by atoms with Crippen molar-refractivity contribution in [2.75, 3.05) is 0 Å². The normalized spacial score (nSPS) is 11.7. The van der Waals surface area contributed by atoms with Crippen molar-refractivity contribution in [3.05, 3.63) is 12.3 Å². The second kappa shape index (κ2) is 4.70. The van der Waals surface area contributed by atoms with E-state index in [0.717, 1.165) is 0 Å². The molecule has 34 valence electrons. The van der Waals surface area contributed by atoms with Gasteiger partial charge in [-0.25, -0.2) is 0 Å². The number of halogens is 1. The number of nitrogens with zero attached hydrogens (tertiary/aromatic N) is 1. The Bertz CT molecular complexity index is 55.9. The molecule has 0 N–H and O–H groups in total. The van der Waals surface area contributed by atoms with Crippen molar-refractivity contribution in [2.24, 2.45) is 4.99 Å². The molecular weight excluding hydrogens is 97.5 g/mol.